The van der Waals surface area contributed by atoms with Gasteiger partial charge in [0, 0.05) is 11.1 Å². The molecule has 2 unspecified atom stereocenters. The second-order valence-electron chi connectivity index (χ2n) is 6.63. The van der Waals surface area contributed by atoms with Crippen molar-refractivity contribution >= 4 is 11.8 Å². The molecule has 2 atom stereocenters. The number of aromatic nitrogens is 1. The fourth-order valence-electron chi connectivity index (χ4n) is 3.40. The number of hydrogen-bond acceptors (Lipinski definition) is 3. The third kappa shape index (κ3) is 4.40. The van der Waals surface area contributed by atoms with Crippen molar-refractivity contribution in [2.24, 2.45) is 0 Å². The Balaban J connectivity index is 1.69. The standard InChI is InChI=1S/C21H27NOS/c1-2-3-4-12-19(23)17-9-5-11-18(15-17)24-20-13-6-8-16-10-7-14-22-21(16)20/h5,7,9-11,14-15,19-20,23H,2-4,6,8,12-13H2,1H3. The molecule has 0 fully saturated rings. The Hall–Kier alpha value is -1.32. The molecule has 0 bridgehead atoms. The van der Waals surface area contributed by atoms with Crippen LogP contribution in [0.4, 0.5) is 0 Å². The van der Waals surface area contributed by atoms with Crippen LogP contribution in [0.25, 0.3) is 0 Å². The molecule has 1 N–H and O–H groups in total. The third-order valence-corrected chi connectivity index (χ3v) is 6.02. The van der Waals surface area contributed by atoms with Gasteiger partial charge in [0.2, 0.25) is 0 Å². The Morgan fingerprint density at radius 2 is 2.17 bits per heavy atom. The number of unbranched alkanes of at least 4 members (excludes halogenated alkanes) is 2. The molecule has 2 nitrogen and oxygen atoms in total. The van der Waals surface area contributed by atoms with E-state index in [1.54, 1.807) is 0 Å². The molecule has 3 rings (SSSR count). The van der Waals surface area contributed by atoms with E-state index in [9.17, 15) is 5.11 Å². The zero-order chi connectivity index (χ0) is 16.8. The van der Waals surface area contributed by atoms with E-state index in [0.29, 0.717) is 5.25 Å². The molecule has 1 aliphatic rings. The number of hydrogen-bond donors (Lipinski definition) is 1. The van der Waals surface area contributed by atoms with E-state index in [-0.39, 0.29) is 6.10 Å². The van der Waals surface area contributed by atoms with E-state index in [0.717, 1.165) is 24.8 Å². The van der Waals surface area contributed by atoms with Crippen molar-refractivity contribution in [3.63, 3.8) is 0 Å². The predicted molar refractivity (Wildman–Crippen MR) is 101 cm³/mol. The maximum Gasteiger partial charge on any atom is 0.0790 e. The summed E-state index contributed by atoms with van der Waals surface area (Å²) >= 11 is 1.89. The van der Waals surface area contributed by atoms with Crippen LogP contribution in [0.5, 0.6) is 0 Å². The number of thioether (sulfide) groups is 1. The smallest absolute Gasteiger partial charge is 0.0790 e. The summed E-state index contributed by atoms with van der Waals surface area (Å²) in [6.45, 7) is 2.19. The van der Waals surface area contributed by atoms with Crippen LogP contribution in [0.1, 0.15) is 73.6 Å². The maximum atomic E-state index is 10.4. The van der Waals surface area contributed by atoms with Crippen LogP contribution < -0.4 is 0 Å². The summed E-state index contributed by atoms with van der Waals surface area (Å²) < 4.78 is 0. The lowest BCUT2D eigenvalue weighted by Crippen LogP contribution is -2.09. The predicted octanol–water partition coefficient (Wildman–Crippen LogP) is 5.87. The van der Waals surface area contributed by atoms with Gasteiger partial charge in [-0.25, -0.2) is 0 Å². The Morgan fingerprint density at radius 3 is 3.04 bits per heavy atom. The van der Waals surface area contributed by atoms with Gasteiger partial charge in [-0.2, -0.15) is 0 Å². The van der Waals surface area contributed by atoms with Crippen LogP contribution >= 0.6 is 11.8 Å². The number of benzene rings is 1. The summed E-state index contributed by atoms with van der Waals surface area (Å²) in [5, 5.41) is 10.8. The normalized spacial score (nSPS) is 18.2. The van der Waals surface area contributed by atoms with Gasteiger partial charge in [-0.05, 0) is 55.0 Å². The lowest BCUT2D eigenvalue weighted by molar-refractivity contribution is 0.163. The molecule has 0 aliphatic heterocycles. The number of aryl methyl sites for hydroxylation is 1. The molecule has 2 aromatic rings. The molecular weight excluding hydrogens is 314 g/mol. The number of fused-ring (bicyclic) bond motifs is 1. The highest BCUT2D eigenvalue weighted by atomic mass is 32.2. The average Bonchev–Trinajstić information content (AvgIpc) is 2.62. The van der Waals surface area contributed by atoms with Crippen molar-refractivity contribution in [1.29, 1.82) is 0 Å². The summed E-state index contributed by atoms with van der Waals surface area (Å²) in [5.41, 5.74) is 3.70. The van der Waals surface area contributed by atoms with Crippen LogP contribution in [0.2, 0.25) is 0 Å². The van der Waals surface area contributed by atoms with E-state index in [1.165, 1.54) is 41.8 Å². The molecule has 1 aliphatic carbocycles. The number of aliphatic hydroxyl groups is 1. The van der Waals surface area contributed by atoms with Crippen LogP contribution in [-0.4, -0.2) is 10.1 Å². The second-order valence-corrected chi connectivity index (χ2v) is 7.91. The zero-order valence-electron chi connectivity index (χ0n) is 14.4. The molecule has 1 heterocycles. The van der Waals surface area contributed by atoms with Crippen LogP contribution in [0.15, 0.2) is 47.5 Å². The van der Waals surface area contributed by atoms with Gasteiger partial charge in [-0.3, -0.25) is 4.98 Å². The largest absolute Gasteiger partial charge is 0.388 e. The molecule has 3 heteroatoms. The van der Waals surface area contributed by atoms with Gasteiger partial charge in [0.1, 0.15) is 0 Å². The first-order valence-electron chi connectivity index (χ1n) is 9.16. The van der Waals surface area contributed by atoms with E-state index >= 15 is 0 Å². The Bertz CT molecular complexity index is 658. The van der Waals surface area contributed by atoms with Crippen molar-refractivity contribution in [3.05, 3.63) is 59.4 Å². The minimum Gasteiger partial charge on any atom is -0.388 e. The molecule has 1 aromatic heterocycles. The zero-order valence-corrected chi connectivity index (χ0v) is 15.3. The SMILES string of the molecule is CCCCCC(O)c1cccc(SC2CCCc3cccnc32)c1. The molecule has 0 saturated heterocycles. The fourth-order valence-corrected chi connectivity index (χ4v) is 4.69. The number of pyridine rings is 1. The average molecular weight is 342 g/mol. The molecule has 1 aromatic carbocycles. The van der Waals surface area contributed by atoms with Crippen molar-refractivity contribution in [2.45, 2.75) is 68.1 Å². The van der Waals surface area contributed by atoms with Gasteiger partial charge < -0.3 is 5.11 Å². The molecule has 128 valence electrons. The number of rotatable bonds is 7. The Morgan fingerprint density at radius 1 is 1.25 bits per heavy atom. The van der Waals surface area contributed by atoms with E-state index < -0.39 is 0 Å². The summed E-state index contributed by atoms with van der Waals surface area (Å²) in [6.07, 6.45) is 9.46. The highest BCUT2D eigenvalue weighted by molar-refractivity contribution is 7.99. The fraction of sp³-hybridized carbons (Fsp3) is 0.476. The molecule has 0 spiro atoms. The molecule has 0 saturated carbocycles. The van der Waals surface area contributed by atoms with Gasteiger partial charge in [-0.1, -0.05) is 44.4 Å². The van der Waals surface area contributed by atoms with Gasteiger partial charge >= 0.3 is 0 Å². The first-order chi connectivity index (χ1) is 11.8. The van der Waals surface area contributed by atoms with Gasteiger partial charge in [0.15, 0.2) is 0 Å². The first-order valence-corrected chi connectivity index (χ1v) is 10.0. The van der Waals surface area contributed by atoms with Crippen molar-refractivity contribution in [1.82, 2.24) is 4.98 Å². The lowest BCUT2D eigenvalue weighted by Gasteiger charge is -2.24. The van der Waals surface area contributed by atoms with Crippen LogP contribution in [0, 0.1) is 0 Å². The van der Waals surface area contributed by atoms with E-state index in [1.807, 2.05) is 30.1 Å². The molecule has 0 radical (unpaired) electrons. The van der Waals surface area contributed by atoms with Crippen molar-refractivity contribution < 1.29 is 5.11 Å². The highest BCUT2D eigenvalue weighted by Gasteiger charge is 2.22. The molecule has 24 heavy (non-hydrogen) atoms. The Kier molecular flexibility index (Phi) is 6.33. The highest BCUT2D eigenvalue weighted by Crippen LogP contribution is 2.42. The molecular formula is C21H27NOS. The number of nitrogens with zero attached hydrogens (tertiary/aromatic N) is 1. The molecule has 0 amide bonds. The van der Waals surface area contributed by atoms with Crippen LogP contribution in [0.3, 0.4) is 0 Å². The second kappa shape index (κ2) is 8.68. The van der Waals surface area contributed by atoms with E-state index in [2.05, 4.69) is 36.2 Å². The van der Waals surface area contributed by atoms with Gasteiger partial charge in [0.25, 0.3) is 0 Å². The van der Waals surface area contributed by atoms with E-state index in [4.69, 9.17) is 0 Å². The van der Waals surface area contributed by atoms with Gasteiger partial charge in [-0.15, -0.1) is 11.8 Å². The van der Waals surface area contributed by atoms with Crippen molar-refractivity contribution in [3.8, 4) is 0 Å². The van der Waals surface area contributed by atoms with Gasteiger partial charge in [0.05, 0.1) is 17.0 Å². The minimum absolute atomic E-state index is 0.339. The number of aliphatic hydroxyl groups excluding tert-OH is 1. The maximum absolute atomic E-state index is 10.4. The Labute approximate surface area is 149 Å². The topological polar surface area (TPSA) is 33.1 Å². The quantitative estimate of drug-likeness (QED) is 0.640. The lowest BCUT2D eigenvalue weighted by atomic mass is 9.96. The minimum atomic E-state index is -0.339. The van der Waals surface area contributed by atoms with Crippen LogP contribution in [-0.2, 0) is 6.42 Å². The summed E-state index contributed by atoms with van der Waals surface area (Å²) in [6, 6.07) is 12.7. The first kappa shape index (κ1) is 17.5. The third-order valence-electron chi connectivity index (χ3n) is 4.75. The summed E-state index contributed by atoms with van der Waals surface area (Å²) in [4.78, 5) is 5.88. The van der Waals surface area contributed by atoms with Crippen molar-refractivity contribution in [2.75, 3.05) is 0 Å². The monoisotopic (exact) mass is 341 g/mol. The summed E-state index contributed by atoms with van der Waals surface area (Å²) in [7, 11) is 0. The summed E-state index contributed by atoms with van der Waals surface area (Å²) in [5.74, 6) is 0.